The fourth-order valence-corrected chi connectivity index (χ4v) is 0.647. The van der Waals surface area contributed by atoms with Gasteiger partial charge in [-0.3, -0.25) is 0 Å². The molecule has 8 heavy (non-hydrogen) atoms. The van der Waals surface area contributed by atoms with Gasteiger partial charge in [-0.2, -0.15) is 5.26 Å². The Labute approximate surface area is 54.1 Å². The minimum Gasteiger partial charge on any atom is -0.185 e. The fraction of sp³-hybridized carbons (Fsp3) is 0.500. The Morgan fingerprint density at radius 2 is 2.25 bits per heavy atom. The van der Waals surface area contributed by atoms with E-state index in [9.17, 15) is 0 Å². The molecule has 0 spiro atoms. The van der Waals surface area contributed by atoms with Crippen molar-refractivity contribution in [1.82, 2.24) is 0 Å². The van der Waals surface area contributed by atoms with Crippen LogP contribution in [0.15, 0.2) is 0 Å². The van der Waals surface area contributed by atoms with Gasteiger partial charge in [0.1, 0.15) is 5.40 Å². The standard InChI is InChI=1S/C6H7NS/c1-3-4-6(2)8-5-7/h6H,1-2H3. The average molecular weight is 125 g/mol. The second-order valence-corrected chi connectivity index (χ2v) is 2.37. The Balaban J connectivity index is 3.47. The number of nitrogens with zero attached hydrogens (tertiary/aromatic N) is 1. The molecular formula is C6H7NS. The van der Waals surface area contributed by atoms with Gasteiger partial charge in [0.05, 0.1) is 5.25 Å². The highest BCUT2D eigenvalue weighted by Gasteiger charge is 1.91. The fourth-order valence-electron chi connectivity index (χ4n) is 0.312. The summed E-state index contributed by atoms with van der Waals surface area (Å²) in [5.74, 6) is 5.57. The van der Waals surface area contributed by atoms with Crippen molar-refractivity contribution < 1.29 is 0 Å². The van der Waals surface area contributed by atoms with E-state index in [1.807, 2.05) is 12.3 Å². The summed E-state index contributed by atoms with van der Waals surface area (Å²) < 4.78 is 0. The molecular weight excluding hydrogens is 118 g/mol. The highest BCUT2D eigenvalue weighted by atomic mass is 32.2. The van der Waals surface area contributed by atoms with E-state index in [0.29, 0.717) is 0 Å². The lowest BCUT2D eigenvalue weighted by Crippen LogP contribution is -1.85. The van der Waals surface area contributed by atoms with Crippen LogP contribution < -0.4 is 0 Å². The van der Waals surface area contributed by atoms with Crippen LogP contribution in [0, 0.1) is 22.5 Å². The largest absolute Gasteiger partial charge is 0.185 e. The Morgan fingerprint density at radius 3 is 2.62 bits per heavy atom. The molecule has 1 atom stereocenters. The molecule has 0 aromatic rings. The molecule has 0 saturated heterocycles. The van der Waals surface area contributed by atoms with E-state index in [1.165, 1.54) is 11.8 Å². The number of thioether (sulfide) groups is 1. The van der Waals surface area contributed by atoms with Gasteiger partial charge in [-0.25, -0.2) is 0 Å². The molecule has 2 heteroatoms. The molecule has 0 aromatic carbocycles. The van der Waals surface area contributed by atoms with E-state index >= 15 is 0 Å². The predicted octanol–water partition coefficient (Wildman–Crippen LogP) is 1.61. The lowest BCUT2D eigenvalue weighted by molar-refractivity contribution is 1.30. The molecule has 1 unspecified atom stereocenters. The molecule has 0 aliphatic rings. The van der Waals surface area contributed by atoms with Crippen molar-refractivity contribution in [2.24, 2.45) is 0 Å². The van der Waals surface area contributed by atoms with Crippen molar-refractivity contribution >= 4 is 11.8 Å². The van der Waals surface area contributed by atoms with Gasteiger partial charge >= 0.3 is 0 Å². The summed E-state index contributed by atoms with van der Waals surface area (Å²) in [6, 6.07) is 0. The average Bonchev–Trinajstić information content (AvgIpc) is 1.68. The third kappa shape index (κ3) is 3.59. The molecule has 0 aliphatic carbocycles. The van der Waals surface area contributed by atoms with Gasteiger partial charge in [-0.1, -0.05) is 5.92 Å². The van der Waals surface area contributed by atoms with Crippen molar-refractivity contribution in [3.8, 4) is 17.2 Å². The molecule has 0 fully saturated rings. The highest BCUT2D eigenvalue weighted by molar-refractivity contribution is 8.04. The Kier molecular flexibility index (Phi) is 4.21. The quantitative estimate of drug-likeness (QED) is 0.392. The number of rotatable bonds is 1. The van der Waals surface area contributed by atoms with Crippen molar-refractivity contribution in [3.63, 3.8) is 0 Å². The van der Waals surface area contributed by atoms with E-state index in [0.717, 1.165) is 0 Å². The topological polar surface area (TPSA) is 23.8 Å². The Hall–Kier alpha value is -0.600. The van der Waals surface area contributed by atoms with E-state index in [1.54, 1.807) is 6.92 Å². The van der Waals surface area contributed by atoms with Crippen LogP contribution in [-0.4, -0.2) is 5.25 Å². The maximum Gasteiger partial charge on any atom is 0.134 e. The summed E-state index contributed by atoms with van der Waals surface area (Å²) in [6.07, 6.45) is 0. The minimum absolute atomic E-state index is 0.157. The summed E-state index contributed by atoms with van der Waals surface area (Å²) in [7, 11) is 0. The molecule has 0 aliphatic heterocycles. The van der Waals surface area contributed by atoms with Gasteiger partial charge in [-0.15, -0.1) is 5.92 Å². The van der Waals surface area contributed by atoms with E-state index in [2.05, 4.69) is 11.8 Å². The molecule has 0 rings (SSSR count). The van der Waals surface area contributed by atoms with E-state index < -0.39 is 0 Å². The van der Waals surface area contributed by atoms with Crippen molar-refractivity contribution in [3.05, 3.63) is 0 Å². The smallest absolute Gasteiger partial charge is 0.134 e. The molecule has 0 bridgehead atoms. The number of thiocyanates is 1. The summed E-state index contributed by atoms with van der Waals surface area (Å²) in [5.41, 5.74) is 0. The third-order valence-corrected chi connectivity index (χ3v) is 1.15. The maximum absolute atomic E-state index is 8.11. The van der Waals surface area contributed by atoms with Crippen LogP contribution in [-0.2, 0) is 0 Å². The third-order valence-electron chi connectivity index (χ3n) is 0.577. The highest BCUT2D eigenvalue weighted by Crippen LogP contribution is 2.04. The first-order valence-electron chi connectivity index (χ1n) is 2.28. The lowest BCUT2D eigenvalue weighted by Gasteiger charge is -1.88. The number of hydrogen-bond donors (Lipinski definition) is 0. The van der Waals surface area contributed by atoms with Crippen LogP contribution in [0.1, 0.15) is 13.8 Å². The number of hydrogen-bond acceptors (Lipinski definition) is 2. The minimum atomic E-state index is 0.157. The first-order valence-corrected chi connectivity index (χ1v) is 3.16. The van der Waals surface area contributed by atoms with Gasteiger partial charge in [-0.05, 0) is 25.6 Å². The summed E-state index contributed by atoms with van der Waals surface area (Å²) in [6.45, 7) is 3.68. The zero-order valence-corrected chi connectivity index (χ0v) is 5.75. The molecule has 0 amide bonds. The zero-order chi connectivity index (χ0) is 6.41. The monoisotopic (exact) mass is 125 g/mol. The van der Waals surface area contributed by atoms with Gasteiger partial charge in [0.15, 0.2) is 0 Å². The number of nitriles is 1. The van der Waals surface area contributed by atoms with Gasteiger partial charge < -0.3 is 0 Å². The summed E-state index contributed by atoms with van der Waals surface area (Å²) in [4.78, 5) is 0. The van der Waals surface area contributed by atoms with Crippen molar-refractivity contribution in [2.45, 2.75) is 19.1 Å². The molecule has 0 saturated carbocycles. The first kappa shape index (κ1) is 7.40. The molecule has 0 radical (unpaired) electrons. The summed E-state index contributed by atoms with van der Waals surface area (Å²) in [5, 5.41) is 10.2. The molecule has 0 N–H and O–H groups in total. The van der Waals surface area contributed by atoms with Crippen LogP contribution in [0.3, 0.4) is 0 Å². The van der Waals surface area contributed by atoms with Crippen LogP contribution >= 0.6 is 11.8 Å². The van der Waals surface area contributed by atoms with Crippen LogP contribution in [0.4, 0.5) is 0 Å². The van der Waals surface area contributed by atoms with Gasteiger partial charge in [0.2, 0.25) is 0 Å². The van der Waals surface area contributed by atoms with Crippen molar-refractivity contribution in [1.29, 1.82) is 5.26 Å². The second kappa shape index (κ2) is 4.56. The molecule has 0 aromatic heterocycles. The van der Waals surface area contributed by atoms with E-state index in [4.69, 9.17) is 5.26 Å². The van der Waals surface area contributed by atoms with E-state index in [-0.39, 0.29) is 5.25 Å². The van der Waals surface area contributed by atoms with Gasteiger partial charge in [0, 0.05) is 0 Å². The lowest BCUT2D eigenvalue weighted by atomic mass is 10.5. The molecule has 1 nitrogen and oxygen atoms in total. The second-order valence-electron chi connectivity index (χ2n) is 1.25. The normalized spacial score (nSPS) is 10.6. The first-order chi connectivity index (χ1) is 3.81. The van der Waals surface area contributed by atoms with Crippen LogP contribution in [0.5, 0.6) is 0 Å². The predicted molar refractivity (Wildman–Crippen MR) is 36.1 cm³/mol. The van der Waals surface area contributed by atoms with Crippen LogP contribution in [0.25, 0.3) is 0 Å². The van der Waals surface area contributed by atoms with Crippen molar-refractivity contribution in [2.75, 3.05) is 0 Å². The Morgan fingerprint density at radius 1 is 1.62 bits per heavy atom. The summed E-state index contributed by atoms with van der Waals surface area (Å²) >= 11 is 1.19. The zero-order valence-electron chi connectivity index (χ0n) is 4.93. The van der Waals surface area contributed by atoms with Crippen LogP contribution in [0.2, 0.25) is 0 Å². The molecule has 42 valence electrons. The SMILES string of the molecule is CC#CC(C)SC#N. The maximum atomic E-state index is 8.11. The Bertz CT molecular complexity index is 146. The van der Waals surface area contributed by atoms with Gasteiger partial charge in [0.25, 0.3) is 0 Å². The molecule has 0 heterocycles.